The van der Waals surface area contributed by atoms with Crippen LogP contribution in [-0.2, 0) is 11.3 Å². The van der Waals surface area contributed by atoms with Crippen molar-refractivity contribution in [3.63, 3.8) is 0 Å². The number of ketones is 1. The van der Waals surface area contributed by atoms with Crippen molar-refractivity contribution < 1.29 is 14.3 Å². The average Bonchev–Trinajstić information content (AvgIpc) is 3.20. The summed E-state index contributed by atoms with van der Waals surface area (Å²) in [7, 11) is 3.06. The molecule has 3 N–H and O–H groups in total. The summed E-state index contributed by atoms with van der Waals surface area (Å²) in [6.45, 7) is 0.324. The first-order chi connectivity index (χ1) is 14.5. The molecule has 0 aliphatic heterocycles. The van der Waals surface area contributed by atoms with Gasteiger partial charge in [-0.15, -0.1) is 0 Å². The van der Waals surface area contributed by atoms with Crippen molar-refractivity contribution in [1.82, 2.24) is 19.1 Å². The molecule has 0 saturated heterocycles. The number of H-pyrrole nitrogens is 1. The third-order valence-electron chi connectivity index (χ3n) is 4.33. The van der Waals surface area contributed by atoms with Gasteiger partial charge in [0.05, 0.1) is 26.0 Å². The number of rotatable bonds is 9. The number of methoxy groups -OCH3 is 2. The standard InChI is InChI=1S/C19H21N5O5S/c1-28-10-9-24-16(20)15(17(26)22-18(24)27)14(25)11-30-19-21-7-8-23(19)12-3-5-13(29-2)6-4-12/h3-8H,9-11,20H2,1-2H3,(H,22,26,27). The molecular formula is C19H21N5O5S. The topological polar surface area (TPSA) is 134 Å². The van der Waals surface area contributed by atoms with Gasteiger partial charge >= 0.3 is 5.69 Å². The number of nitrogens with zero attached hydrogens (tertiary/aromatic N) is 3. The van der Waals surface area contributed by atoms with Crippen molar-refractivity contribution in [1.29, 1.82) is 0 Å². The Kier molecular flexibility index (Phi) is 6.75. The zero-order chi connectivity index (χ0) is 21.7. The number of nitrogen functional groups attached to an aromatic ring is 1. The van der Waals surface area contributed by atoms with Gasteiger partial charge in [0.2, 0.25) is 0 Å². The van der Waals surface area contributed by atoms with Crippen molar-refractivity contribution in [2.45, 2.75) is 11.7 Å². The predicted octanol–water partition coefficient (Wildman–Crippen LogP) is 0.935. The van der Waals surface area contributed by atoms with Gasteiger partial charge in [0.1, 0.15) is 17.1 Å². The van der Waals surface area contributed by atoms with Gasteiger partial charge in [0.15, 0.2) is 10.9 Å². The molecule has 0 bridgehead atoms. The second-order valence-electron chi connectivity index (χ2n) is 6.15. The molecule has 0 aliphatic rings. The molecule has 0 radical (unpaired) electrons. The second kappa shape index (κ2) is 9.46. The summed E-state index contributed by atoms with van der Waals surface area (Å²) in [5.41, 5.74) is 5.04. The highest BCUT2D eigenvalue weighted by atomic mass is 32.2. The number of anilines is 1. The van der Waals surface area contributed by atoms with Crippen LogP contribution >= 0.6 is 11.8 Å². The molecule has 0 spiro atoms. The summed E-state index contributed by atoms with van der Waals surface area (Å²) in [4.78, 5) is 43.3. The van der Waals surface area contributed by atoms with Crippen LogP contribution in [0.4, 0.5) is 5.82 Å². The number of carbonyl (C=O) groups excluding carboxylic acids is 1. The SMILES string of the molecule is COCCn1c(N)c(C(=O)CSc2nccn2-c2ccc(OC)cc2)c(=O)[nH]c1=O. The highest BCUT2D eigenvalue weighted by Gasteiger charge is 2.20. The van der Waals surface area contributed by atoms with Crippen LogP contribution in [0.15, 0.2) is 51.4 Å². The highest BCUT2D eigenvalue weighted by molar-refractivity contribution is 7.99. The number of aromatic nitrogens is 4. The molecule has 0 fully saturated rings. The van der Waals surface area contributed by atoms with Crippen LogP contribution < -0.4 is 21.7 Å². The third kappa shape index (κ3) is 4.47. The number of imidazole rings is 1. The summed E-state index contributed by atoms with van der Waals surface area (Å²) < 4.78 is 13.0. The Morgan fingerprint density at radius 2 is 1.97 bits per heavy atom. The number of ether oxygens (including phenoxy) is 2. The van der Waals surface area contributed by atoms with E-state index in [1.807, 2.05) is 28.8 Å². The molecule has 0 saturated carbocycles. The van der Waals surface area contributed by atoms with Gasteiger partial charge in [-0.25, -0.2) is 9.78 Å². The Hall–Kier alpha value is -3.31. The molecule has 0 aliphatic carbocycles. The van der Waals surface area contributed by atoms with Gasteiger partial charge in [-0.3, -0.25) is 23.7 Å². The van der Waals surface area contributed by atoms with E-state index in [0.717, 1.165) is 27.8 Å². The van der Waals surface area contributed by atoms with E-state index in [-0.39, 0.29) is 30.3 Å². The van der Waals surface area contributed by atoms with Crippen molar-refractivity contribution >= 4 is 23.4 Å². The molecule has 2 heterocycles. The summed E-state index contributed by atoms with van der Waals surface area (Å²) in [5.74, 6) is -0.0382. The molecule has 10 nitrogen and oxygen atoms in total. The molecule has 2 aromatic heterocycles. The molecule has 3 aromatic rings. The lowest BCUT2D eigenvalue weighted by Gasteiger charge is -2.12. The Morgan fingerprint density at radius 3 is 2.63 bits per heavy atom. The minimum absolute atomic E-state index is 0.0804. The van der Waals surface area contributed by atoms with E-state index in [2.05, 4.69) is 9.97 Å². The number of Topliss-reactive ketones (excluding diaryl/α,β-unsaturated/α-hetero) is 1. The van der Waals surface area contributed by atoms with Crippen LogP contribution in [-0.4, -0.2) is 51.5 Å². The van der Waals surface area contributed by atoms with Gasteiger partial charge < -0.3 is 15.2 Å². The van der Waals surface area contributed by atoms with E-state index in [1.165, 1.54) is 7.11 Å². The first-order valence-electron chi connectivity index (χ1n) is 8.91. The van der Waals surface area contributed by atoms with Crippen molar-refractivity contribution in [3.8, 4) is 11.4 Å². The molecule has 0 amide bonds. The fraction of sp³-hybridized carbons (Fsp3) is 0.263. The zero-order valence-electron chi connectivity index (χ0n) is 16.5. The average molecular weight is 431 g/mol. The Morgan fingerprint density at radius 1 is 1.23 bits per heavy atom. The summed E-state index contributed by atoms with van der Waals surface area (Å²) in [6.07, 6.45) is 3.38. The van der Waals surface area contributed by atoms with Crippen molar-refractivity contribution in [2.24, 2.45) is 0 Å². The maximum atomic E-state index is 12.7. The number of nitrogens with two attached hydrogens (primary N) is 1. The zero-order valence-corrected chi connectivity index (χ0v) is 17.3. The maximum Gasteiger partial charge on any atom is 0.330 e. The lowest BCUT2D eigenvalue weighted by molar-refractivity contribution is 0.102. The number of benzene rings is 1. The minimum atomic E-state index is -0.810. The quantitative estimate of drug-likeness (QED) is 0.378. The van der Waals surface area contributed by atoms with E-state index in [4.69, 9.17) is 15.2 Å². The highest BCUT2D eigenvalue weighted by Crippen LogP contribution is 2.23. The number of hydrogen-bond donors (Lipinski definition) is 2. The normalized spacial score (nSPS) is 10.9. The van der Waals surface area contributed by atoms with E-state index >= 15 is 0 Å². The van der Waals surface area contributed by atoms with Crippen LogP contribution in [0, 0.1) is 0 Å². The Bertz CT molecular complexity index is 1150. The summed E-state index contributed by atoms with van der Waals surface area (Å²) in [6, 6.07) is 7.36. The Labute approximate surface area is 175 Å². The number of thioether (sulfide) groups is 1. The van der Waals surface area contributed by atoms with E-state index in [1.54, 1.807) is 19.5 Å². The van der Waals surface area contributed by atoms with Gasteiger partial charge in [0, 0.05) is 25.2 Å². The monoisotopic (exact) mass is 431 g/mol. The predicted molar refractivity (Wildman–Crippen MR) is 113 cm³/mol. The number of hydrogen-bond acceptors (Lipinski definition) is 8. The molecule has 0 atom stereocenters. The molecule has 11 heteroatoms. The fourth-order valence-corrected chi connectivity index (χ4v) is 3.65. The molecule has 158 valence electrons. The van der Waals surface area contributed by atoms with E-state index < -0.39 is 17.0 Å². The van der Waals surface area contributed by atoms with E-state index in [9.17, 15) is 14.4 Å². The van der Waals surface area contributed by atoms with Gasteiger partial charge in [0.25, 0.3) is 5.56 Å². The summed E-state index contributed by atoms with van der Waals surface area (Å²) in [5, 5.41) is 0.566. The summed E-state index contributed by atoms with van der Waals surface area (Å²) >= 11 is 1.16. The third-order valence-corrected chi connectivity index (χ3v) is 5.29. The van der Waals surface area contributed by atoms with Gasteiger partial charge in [-0.1, -0.05) is 11.8 Å². The first kappa shape index (κ1) is 21.4. The fourth-order valence-electron chi connectivity index (χ4n) is 2.80. The van der Waals surface area contributed by atoms with Crippen molar-refractivity contribution in [2.75, 3.05) is 32.3 Å². The second-order valence-corrected chi connectivity index (χ2v) is 7.10. The Balaban J connectivity index is 1.81. The molecule has 3 rings (SSSR count). The molecule has 30 heavy (non-hydrogen) atoms. The largest absolute Gasteiger partial charge is 0.497 e. The smallest absolute Gasteiger partial charge is 0.330 e. The van der Waals surface area contributed by atoms with Gasteiger partial charge in [-0.05, 0) is 24.3 Å². The lowest BCUT2D eigenvalue weighted by Crippen LogP contribution is -2.37. The molecule has 0 unspecified atom stereocenters. The number of aromatic amines is 1. The van der Waals surface area contributed by atoms with Gasteiger partial charge in [-0.2, -0.15) is 0 Å². The maximum absolute atomic E-state index is 12.7. The molecular weight excluding hydrogens is 410 g/mol. The number of nitrogens with one attached hydrogen (secondary N) is 1. The van der Waals surface area contributed by atoms with Crippen LogP contribution in [0.25, 0.3) is 5.69 Å². The molecule has 1 aromatic carbocycles. The lowest BCUT2D eigenvalue weighted by atomic mass is 10.2. The van der Waals surface area contributed by atoms with Crippen molar-refractivity contribution in [3.05, 3.63) is 63.1 Å². The minimum Gasteiger partial charge on any atom is -0.497 e. The van der Waals surface area contributed by atoms with Crippen LogP contribution in [0.5, 0.6) is 5.75 Å². The van der Waals surface area contributed by atoms with E-state index in [0.29, 0.717) is 5.16 Å². The first-order valence-corrected chi connectivity index (χ1v) is 9.90. The van der Waals surface area contributed by atoms with Crippen LogP contribution in [0.2, 0.25) is 0 Å². The van der Waals surface area contributed by atoms with Crippen LogP contribution in [0.1, 0.15) is 10.4 Å². The van der Waals surface area contributed by atoms with Crippen LogP contribution in [0.3, 0.4) is 0 Å². The number of carbonyl (C=O) groups is 1.